The van der Waals surface area contributed by atoms with E-state index in [0.717, 1.165) is 75.2 Å². The number of hydrogen-bond donors (Lipinski definition) is 0. The predicted octanol–water partition coefficient (Wildman–Crippen LogP) is 5.52. The summed E-state index contributed by atoms with van der Waals surface area (Å²) in [5, 5.41) is 0. The average Bonchev–Trinajstić information content (AvgIpc) is 3.11. The molecule has 184 valence electrons. The highest BCUT2D eigenvalue weighted by Crippen LogP contribution is 2.47. The number of oxazole rings is 1. The highest BCUT2D eigenvalue weighted by molar-refractivity contribution is 5.83. The van der Waals surface area contributed by atoms with E-state index >= 15 is 0 Å². The lowest BCUT2D eigenvalue weighted by atomic mass is 9.62. The second-order valence-electron chi connectivity index (χ2n) is 10.8. The summed E-state index contributed by atoms with van der Waals surface area (Å²) in [6.07, 6.45) is 10.5. The van der Waals surface area contributed by atoms with Crippen molar-refractivity contribution in [2.75, 3.05) is 19.7 Å². The number of nitrogens with zero attached hydrogens (tertiary/aromatic N) is 3. The number of piperidine rings is 1. The van der Waals surface area contributed by atoms with Gasteiger partial charge in [0.1, 0.15) is 0 Å². The van der Waals surface area contributed by atoms with Crippen molar-refractivity contribution in [2.24, 2.45) is 17.8 Å². The maximum atomic E-state index is 13.6. The van der Waals surface area contributed by atoms with Crippen LogP contribution in [-0.2, 0) is 21.5 Å². The number of likely N-dealkylation sites (tertiary alicyclic amines) is 1. The highest BCUT2D eigenvalue weighted by Gasteiger charge is 2.46. The molecule has 2 aliphatic carbocycles. The smallest absolute Gasteiger partial charge is 0.316 e. The molecule has 0 amide bonds. The highest BCUT2D eigenvalue weighted by atomic mass is 16.5. The van der Waals surface area contributed by atoms with E-state index in [4.69, 9.17) is 9.15 Å². The molecule has 3 fully saturated rings. The zero-order valence-electron chi connectivity index (χ0n) is 20.4. The van der Waals surface area contributed by atoms with Crippen LogP contribution in [0.3, 0.4) is 0 Å². The summed E-state index contributed by atoms with van der Waals surface area (Å²) in [7, 11) is 0. The van der Waals surface area contributed by atoms with Gasteiger partial charge in [0.15, 0.2) is 11.2 Å². The van der Waals surface area contributed by atoms with Gasteiger partial charge in [-0.2, -0.15) is 4.98 Å². The lowest BCUT2D eigenvalue weighted by Crippen LogP contribution is -2.51. The first kappa shape index (κ1) is 22.7. The lowest BCUT2D eigenvalue weighted by molar-refractivity contribution is -0.157. The molecule has 6 rings (SSSR count). The molecule has 6 heteroatoms. The fourth-order valence-corrected chi connectivity index (χ4v) is 6.79. The van der Waals surface area contributed by atoms with Gasteiger partial charge < -0.3 is 9.15 Å². The zero-order valence-corrected chi connectivity index (χ0v) is 20.4. The van der Waals surface area contributed by atoms with Gasteiger partial charge >= 0.3 is 5.97 Å². The summed E-state index contributed by atoms with van der Waals surface area (Å²) in [5.41, 5.74) is 2.12. The van der Waals surface area contributed by atoms with Crippen molar-refractivity contribution in [3.8, 4) is 0 Å². The van der Waals surface area contributed by atoms with E-state index in [0.29, 0.717) is 30.0 Å². The number of ether oxygens (including phenoxy) is 1. The molecule has 0 N–H and O–H groups in total. The van der Waals surface area contributed by atoms with Gasteiger partial charge in [-0.3, -0.25) is 9.69 Å². The van der Waals surface area contributed by atoms with Gasteiger partial charge in [0, 0.05) is 12.7 Å². The van der Waals surface area contributed by atoms with Crippen LogP contribution in [0.5, 0.6) is 0 Å². The fourth-order valence-electron chi connectivity index (χ4n) is 6.79. The van der Waals surface area contributed by atoms with Crippen LogP contribution < -0.4 is 0 Å². The van der Waals surface area contributed by atoms with Crippen LogP contribution >= 0.6 is 0 Å². The third kappa shape index (κ3) is 4.49. The van der Waals surface area contributed by atoms with Gasteiger partial charge in [-0.05, 0) is 67.7 Å². The minimum absolute atomic E-state index is 0.0102. The molecule has 3 atom stereocenters. The molecule has 3 aliphatic rings. The molecule has 35 heavy (non-hydrogen) atoms. The van der Waals surface area contributed by atoms with Crippen LogP contribution in [0.1, 0.15) is 62.8 Å². The summed E-state index contributed by atoms with van der Waals surface area (Å²) < 4.78 is 12.0. The quantitative estimate of drug-likeness (QED) is 0.347. The van der Waals surface area contributed by atoms with Gasteiger partial charge in [0.05, 0.1) is 18.6 Å². The van der Waals surface area contributed by atoms with Crippen LogP contribution in [-0.4, -0.2) is 40.5 Å². The third-order valence-electron chi connectivity index (χ3n) is 8.76. The van der Waals surface area contributed by atoms with Crippen LogP contribution in [0.25, 0.3) is 11.2 Å². The molecule has 2 saturated carbocycles. The van der Waals surface area contributed by atoms with Crippen molar-refractivity contribution in [1.82, 2.24) is 14.9 Å². The van der Waals surface area contributed by atoms with Gasteiger partial charge in [-0.25, -0.2) is 4.98 Å². The molecule has 1 aliphatic heterocycles. The molecule has 1 saturated heterocycles. The minimum Gasteiger partial charge on any atom is -0.465 e. The van der Waals surface area contributed by atoms with Crippen molar-refractivity contribution < 1.29 is 13.9 Å². The molecule has 0 radical (unpaired) electrons. The Morgan fingerprint density at radius 3 is 2.69 bits per heavy atom. The van der Waals surface area contributed by atoms with Crippen LogP contribution in [0, 0.1) is 17.8 Å². The van der Waals surface area contributed by atoms with E-state index in [1.807, 2.05) is 18.2 Å². The summed E-state index contributed by atoms with van der Waals surface area (Å²) in [6.45, 7) is 3.41. The first-order valence-electron chi connectivity index (χ1n) is 13.4. The van der Waals surface area contributed by atoms with Crippen molar-refractivity contribution in [1.29, 1.82) is 0 Å². The SMILES string of the molecule is O=C(OC[C@H]1CC2CN(Cc3nc4ncccc4o3)CCC21)C1(c2ccccc2)CCCCCC1. The lowest BCUT2D eigenvalue weighted by Gasteiger charge is -2.50. The normalized spacial score (nSPS) is 26.5. The Balaban J connectivity index is 1.04. The van der Waals surface area contributed by atoms with Gasteiger partial charge in [0.2, 0.25) is 5.89 Å². The van der Waals surface area contributed by atoms with E-state index in [9.17, 15) is 4.79 Å². The number of benzene rings is 1. The van der Waals surface area contributed by atoms with Crippen LogP contribution in [0.4, 0.5) is 0 Å². The first-order valence-corrected chi connectivity index (χ1v) is 13.4. The van der Waals surface area contributed by atoms with Crippen molar-refractivity contribution >= 4 is 17.2 Å². The first-order chi connectivity index (χ1) is 17.2. The number of esters is 1. The number of aromatic nitrogens is 2. The topological polar surface area (TPSA) is 68.5 Å². The van der Waals surface area contributed by atoms with Crippen molar-refractivity contribution in [2.45, 2.75) is 63.3 Å². The number of carbonyl (C=O) groups excluding carboxylic acids is 1. The monoisotopic (exact) mass is 473 g/mol. The second-order valence-corrected chi connectivity index (χ2v) is 10.8. The fraction of sp³-hybridized carbons (Fsp3) is 0.552. The Kier molecular flexibility index (Phi) is 6.31. The number of carbonyl (C=O) groups is 1. The number of hydrogen-bond acceptors (Lipinski definition) is 6. The van der Waals surface area contributed by atoms with Crippen molar-refractivity contribution in [3.05, 3.63) is 60.1 Å². The molecule has 6 nitrogen and oxygen atoms in total. The number of rotatable bonds is 6. The number of pyridine rings is 1. The molecular formula is C29H35N3O3. The van der Waals surface area contributed by atoms with E-state index in [1.54, 1.807) is 6.20 Å². The van der Waals surface area contributed by atoms with E-state index in [-0.39, 0.29) is 5.97 Å². The van der Waals surface area contributed by atoms with Crippen LogP contribution in [0.2, 0.25) is 0 Å². The Morgan fingerprint density at radius 1 is 1.09 bits per heavy atom. The standard InChI is InChI=1S/C29H35N3O3/c33-28(29(13-6-1-2-7-14-29)23-9-4-3-5-10-23)34-20-22-17-21-18-32(16-12-24(21)22)19-26-31-27-25(35-26)11-8-15-30-27/h3-5,8-11,15,21-22,24H,1-2,6-7,12-14,16-20H2/t21?,22-,24?/m1/s1. The minimum atomic E-state index is -0.460. The average molecular weight is 474 g/mol. The summed E-state index contributed by atoms with van der Waals surface area (Å²) in [4.78, 5) is 24.8. The Labute approximate surface area is 207 Å². The predicted molar refractivity (Wildman–Crippen MR) is 134 cm³/mol. The Hall–Kier alpha value is -2.73. The van der Waals surface area contributed by atoms with Crippen molar-refractivity contribution in [3.63, 3.8) is 0 Å². The molecular weight excluding hydrogens is 438 g/mol. The van der Waals surface area contributed by atoms with Gasteiger partial charge in [-0.15, -0.1) is 0 Å². The molecule has 3 heterocycles. The summed E-state index contributed by atoms with van der Waals surface area (Å²) in [5.74, 6) is 2.59. The number of fused-ring (bicyclic) bond motifs is 2. The molecule has 0 spiro atoms. The van der Waals surface area contributed by atoms with E-state index in [1.165, 1.54) is 12.8 Å². The molecule has 2 aromatic heterocycles. The second kappa shape index (κ2) is 9.73. The van der Waals surface area contributed by atoms with E-state index < -0.39 is 5.41 Å². The maximum absolute atomic E-state index is 13.6. The molecule has 0 bridgehead atoms. The van der Waals surface area contributed by atoms with E-state index in [2.05, 4.69) is 39.1 Å². The Morgan fingerprint density at radius 2 is 1.91 bits per heavy atom. The van der Waals surface area contributed by atoms with Gasteiger partial charge in [0.25, 0.3) is 0 Å². The third-order valence-corrected chi connectivity index (χ3v) is 8.76. The van der Waals surface area contributed by atoms with Crippen LogP contribution in [0.15, 0.2) is 53.1 Å². The molecule has 1 aromatic carbocycles. The Bertz CT molecular complexity index is 1120. The zero-order chi connectivity index (χ0) is 23.7. The summed E-state index contributed by atoms with van der Waals surface area (Å²) in [6, 6.07) is 14.2. The largest absolute Gasteiger partial charge is 0.465 e. The van der Waals surface area contributed by atoms with Gasteiger partial charge in [-0.1, -0.05) is 56.0 Å². The molecule has 2 unspecified atom stereocenters. The summed E-state index contributed by atoms with van der Waals surface area (Å²) >= 11 is 0. The molecule has 3 aromatic rings. The maximum Gasteiger partial charge on any atom is 0.316 e.